The molecule has 5 heteroatoms. The van der Waals surface area contributed by atoms with Crippen LogP contribution in [0.4, 0.5) is 0 Å². The number of pyridine rings is 1. The van der Waals surface area contributed by atoms with Gasteiger partial charge in [0.2, 0.25) is 0 Å². The van der Waals surface area contributed by atoms with Gasteiger partial charge >= 0.3 is 0 Å². The van der Waals surface area contributed by atoms with Gasteiger partial charge in [0.15, 0.2) is 0 Å². The lowest BCUT2D eigenvalue weighted by Crippen LogP contribution is -2.10. The minimum atomic E-state index is 0.715. The van der Waals surface area contributed by atoms with Crippen LogP contribution in [-0.4, -0.2) is 27.6 Å². The number of halogens is 1. The zero-order valence-corrected chi connectivity index (χ0v) is 17.4. The molecule has 29 heavy (non-hydrogen) atoms. The Morgan fingerprint density at radius 3 is 2.79 bits per heavy atom. The highest BCUT2D eigenvalue weighted by atomic mass is 35.5. The second kappa shape index (κ2) is 7.77. The lowest BCUT2D eigenvalue weighted by Gasteiger charge is -2.13. The maximum absolute atomic E-state index is 6.25. The van der Waals surface area contributed by atoms with Gasteiger partial charge in [-0.25, -0.2) is 4.98 Å². The van der Waals surface area contributed by atoms with Crippen molar-refractivity contribution < 1.29 is 0 Å². The van der Waals surface area contributed by atoms with Crippen LogP contribution in [0, 0.1) is 12.8 Å². The molecule has 5 rings (SSSR count). The average molecular weight is 405 g/mol. The molecular weight excluding hydrogens is 380 g/mol. The fraction of sp³-hybridized carbons (Fsp3) is 0.333. The van der Waals surface area contributed by atoms with E-state index in [2.05, 4.69) is 40.2 Å². The highest BCUT2D eigenvalue weighted by molar-refractivity contribution is 6.31. The summed E-state index contributed by atoms with van der Waals surface area (Å²) in [6.07, 6.45) is 3.68. The molecule has 0 spiro atoms. The molecule has 148 valence electrons. The Morgan fingerprint density at radius 2 is 2.00 bits per heavy atom. The van der Waals surface area contributed by atoms with E-state index in [4.69, 9.17) is 21.6 Å². The van der Waals surface area contributed by atoms with Gasteiger partial charge in [0.25, 0.3) is 0 Å². The van der Waals surface area contributed by atoms with Crippen LogP contribution in [0.1, 0.15) is 25.0 Å². The second-order valence-corrected chi connectivity index (χ2v) is 8.45. The molecule has 2 aromatic heterocycles. The first-order valence-electron chi connectivity index (χ1n) is 10.4. The van der Waals surface area contributed by atoms with Gasteiger partial charge in [-0.2, -0.15) is 0 Å². The van der Waals surface area contributed by atoms with E-state index < -0.39 is 0 Å². The summed E-state index contributed by atoms with van der Waals surface area (Å²) in [6, 6.07) is 16.5. The molecule has 0 radical (unpaired) electrons. The number of nitrogens with one attached hydrogen (secondary N) is 1. The SMILES string of the molecule is Cc1nc2cc(Cl)ccc2c2c1nc(-c1ccccc1)n2CCCC1CCNC1. The maximum Gasteiger partial charge on any atom is 0.141 e. The Morgan fingerprint density at radius 1 is 1.14 bits per heavy atom. The molecule has 1 fully saturated rings. The van der Waals surface area contributed by atoms with Gasteiger partial charge in [0.05, 0.1) is 16.7 Å². The largest absolute Gasteiger partial charge is 0.323 e. The molecule has 1 aliphatic heterocycles. The summed E-state index contributed by atoms with van der Waals surface area (Å²) >= 11 is 6.25. The topological polar surface area (TPSA) is 42.7 Å². The first-order chi connectivity index (χ1) is 14.2. The number of aromatic nitrogens is 3. The van der Waals surface area contributed by atoms with Gasteiger partial charge in [-0.15, -0.1) is 0 Å². The quantitative estimate of drug-likeness (QED) is 0.470. The molecule has 2 aromatic carbocycles. The number of nitrogens with zero attached hydrogens (tertiary/aromatic N) is 3. The van der Waals surface area contributed by atoms with Gasteiger partial charge < -0.3 is 9.88 Å². The van der Waals surface area contributed by atoms with Crippen molar-refractivity contribution in [2.24, 2.45) is 5.92 Å². The van der Waals surface area contributed by atoms with Gasteiger partial charge in [-0.3, -0.25) is 4.98 Å². The lowest BCUT2D eigenvalue weighted by atomic mass is 10.0. The normalized spacial score (nSPS) is 16.8. The molecule has 0 saturated carbocycles. The third-order valence-electron chi connectivity index (χ3n) is 6.00. The zero-order valence-electron chi connectivity index (χ0n) is 16.7. The number of aryl methyl sites for hydroxylation is 2. The van der Waals surface area contributed by atoms with Crippen molar-refractivity contribution in [1.29, 1.82) is 0 Å². The molecule has 4 aromatic rings. The van der Waals surface area contributed by atoms with Crippen molar-refractivity contribution in [2.75, 3.05) is 13.1 Å². The summed E-state index contributed by atoms with van der Waals surface area (Å²) < 4.78 is 2.40. The van der Waals surface area contributed by atoms with Crippen LogP contribution in [0.5, 0.6) is 0 Å². The molecule has 0 bridgehead atoms. The van der Waals surface area contributed by atoms with Crippen molar-refractivity contribution in [3.63, 3.8) is 0 Å². The fourth-order valence-electron chi connectivity index (χ4n) is 4.53. The summed E-state index contributed by atoms with van der Waals surface area (Å²) in [5, 5.41) is 5.31. The molecule has 4 nitrogen and oxygen atoms in total. The number of hydrogen-bond acceptors (Lipinski definition) is 3. The first-order valence-corrected chi connectivity index (χ1v) is 10.8. The number of fused-ring (bicyclic) bond motifs is 3. The van der Waals surface area contributed by atoms with Gasteiger partial charge in [0, 0.05) is 22.5 Å². The molecule has 1 saturated heterocycles. The third-order valence-corrected chi connectivity index (χ3v) is 6.24. The third kappa shape index (κ3) is 3.52. The molecule has 1 aliphatic rings. The van der Waals surface area contributed by atoms with E-state index in [9.17, 15) is 0 Å². The Balaban J connectivity index is 1.66. The van der Waals surface area contributed by atoms with Crippen molar-refractivity contribution in [3.05, 3.63) is 59.2 Å². The molecule has 1 N–H and O–H groups in total. The van der Waals surface area contributed by atoms with Crippen molar-refractivity contribution in [1.82, 2.24) is 19.9 Å². The highest BCUT2D eigenvalue weighted by Crippen LogP contribution is 2.33. The summed E-state index contributed by atoms with van der Waals surface area (Å²) in [7, 11) is 0. The molecule has 0 aliphatic carbocycles. The van der Waals surface area contributed by atoms with Crippen molar-refractivity contribution in [3.8, 4) is 11.4 Å². The predicted octanol–water partition coefficient (Wildman–Crippen LogP) is 5.60. The molecule has 1 unspecified atom stereocenters. The Labute approximate surface area is 175 Å². The number of hydrogen-bond donors (Lipinski definition) is 1. The monoisotopic (exact) mass is 404 g/mol. The van der Waals surface area contributed by atoms with E-state index in [0.29, 0.717) is 5.02 Å². The molecule has 0 amide bonds. The van der Waals surface area contributed by atoms with E-state index >= 15 is 0 Å². The van der Waals surface area contributed by atoms with Gasteiger partial charge in [-0.05, 0) is 63.4 Å². The van der Waals surface area contributed by atoms with E-state index in [0.717, 1.165) is 65.5 Å². The summed E-state index contributed by atoms with van der Waals surface area (Å²) in [6.45, 7) is 5.31. The van der Waals surface area contributed by atoms with Gasteiger partial charge in [0.1, 0.15) is 11.3 Å². The van der Waals surface area contributed by atoms with E-state index in [1.165, 1.54) is 18.4 Å². The predicted molar refractivity (Wildman–Crippen MR) is 120 cm³/mol. The molecule has 3 heterocycles. The molecule has 1 atom stereocenters. The Hall–Kier alpha value is -2.43. The van der Waals surface area contributed by atoms with Crippen LogP contribution >= 0.6 is 11.6 Å². The van der Waals surface area contributed by atoms with E-state index in [1.54, 1.807) is 0 Å². The van der Waals surface area contributed by atoms with Crippen LogP contribution in [0.25, 0.3) is 33.3 Å². The summed E-state index contributed by atoms with van der Waals surface area (Å²) in [5.74, 6) is 1.82. The van der Waals surface area contributed by atoms with E-state index in [1.807, 2.05) is 25.1 Å². The smallest absolute Gasteiger partial charge is 0.141 e. The van der Waals surface area contributed by atoms with Crippen LogP contribution in [0.15, 0.2) is 48.5 Å². The van der Waals surface area contributed by atoms with Crippen molar-refractivity contribution >= 4 is 33.5 Å². The van der Waals surface area contributed by atoms with Gasteiger partial charge in [-0.1, -0.05) is 41.9 Å². The van der Waals surface area contributed by atoms with Crippen LogP contribution in [-0.2, 0) is 6.54 Å². The minimum absolute atomic E-state index is 0.715. The number of imidazole rings is 1. The first kappa shape index (κ1) is 18.6. The minimum Gasteiger partial charge on any atom is -0.323 e. The lowest BCUT2D eigenvalue weighted by molar-refractivity contribution is 0.484. The second-order valence-electron chi connectivity index (χ2n) is 8.01. The molecular formula is C24H25ClN4. The van der Waals surface area contributed by atoms with Crippen LogP contribution in [0.2, 0.25) is 5.02 Å². The number of rotatable bonds is 5. The zero-order chi connectivity index (χ0) is 19.8. The summed E-state index contributed by atoms with van der Waals surface area (Å²) in [4.78, 5) is 9.85. The van der Waals surface area contributed by atoms with Crippen LogP contribution < -0.4 is 5.32 Å². The summed E-state index contributed by atoms with van der Waals surface area (Å²) in [5.41, 5.74) is 5.19. The van der Waals surface area contributed by atoms with Crippen molar-refractivity contribution in [2.45, 2.75) is 32.7 Å². The average Bonchev–Trinajstić information content (AvgIpc) is 3.37. The number of benzene rings is 2. The van der Waals surface area contributed by atoms with Crippen LogP contribution in [0.3, 0.4) is 0 Å². The Kier molecular flexibility index (Phi) is 4.98. The standard InChI is InChI=1S/C24H25ClN4/c1-16-22-23(20-10-9-19(25)14-21(20)27-16)29(13-5-6-17-11-12-26-15-17)24(28-22)18-7-3-2-4-8-18/h2-4,7-10,14,17,26H,5-6,11-13,15H2,1H3. The fourth-order valence-corrected chi connectivity index (χ4v) is 4.70. The highest BCUT2D eigenvalue weighted by Gasteiger charge is 2.19. The van der Waals surface area contributed by atoms with E-state index in [-0.39, 0.29) is 0 Å². The maximum atomic E-state index is 6.25. The Bertz CT molecular complexity index is 1160.